The number of carboxylic acid groups (broad SMARTS) is 1. The average Bonchev–Trinajstić information content (AvgIpc) is 3.44. The van der Waals surface area contributed by atoms with Gasteiger partial charge in [0.1, 0.15) is 11.4 Å². The van der Waals surface area contributed by atoms with Gasteiger partial charge in [-0.25, -0.2) is 14.6 Å². The molecule has 1 aliphatic heterocycles. The Labute approximate surface area is 249 Å². The lowest BCUT2D eigenvalue weighted by molar-refractivity contribution is -0.141. The lowest BCUT2D eigenvalue weighted by atomic mass is 10.0. The zero-order chi connectivity index (χ0) is 30.5. The Morgan fingerprint density at radius 3 is 2.40 bits per heavy atom. The molecule has 1 saturated heterocycles. The van der Waals surface area contributed by atoms with Crippen LogP contribution in [0.2, 0.25) is 0 Å². The molecule has 10 heteroatoms. The van der Waals surface area contributed by atoms with E-state index in [1.165, 1.54) is 12.2 Å². The van der Waals surface area contributed by atoms with Gasteiger partial charge in [-0.15, -0.1) is 0 Å². The van der Waals surface area contributed by atoms with E-state index >= 15 is 0 Å². The standard InChI is InChI=1S/C33H34N4O6/c1-21(2)43-31(39)11-10-30(38)37-16-14-36(15-17-37)20-22-4-9-29(42-3)27(18-22)28-19-26-25(12-13-34-32(26)35-28)23-5-7-24(8-6-23)33(40)41/h4-13,18-19,21H,14-17,20H2,1-3H3,(H,34,35)(H,40,41)/b11-10+. The highest BCUT2D eigenvalue weighted by Crippen LogP contribution is 2.36. The van der Waals surface area contributed by atoms with Crippen LogP contribution in [0.1, 0.15) is 29.8 Å². The molecule has 0 saturated carbocycles. The molecule has 0 atom stereocenters. The van der Waals surface area contributed by atoms with E-state index in [1.807, 2.05) is 24.3 Å². The lowest BCUT2D eigenvalue weighted by Gasteiger charge is -2.34. The number of methoxy groups -OCH3 is 1. The number of pyridine rings is 1. The van der Waals surface area contributed by atoms with Crippen molar-refractivity contribution in [1.82, 2.24) is 19.8 Å². The number of aromatic nitrogens is 2. The van der Waals surface area contributed by atoms with Crippen LogP contribution in [0, 0.1) is 0 Å². The van der Waals surface area contributed by atoms with Gasteiger partial charge in [0.05, 0.1) is 24.5 Å². The number of hydrogen-bond acceptors (Lipinski definition) is 7. The number of nitrogens with zero attached hydrogens (tertiary/aromatic N) is 3. The number of H-pyrrole nitrogens is 1. The molecule has 222 valence electrons. The first-order valence-electron chi connectivity index (χ1n) is 14.1. The van der Waals surface area contributed by atoms with Gasteiger partial charge < -0.3 is 24.5 Å². The van der Waals surface area contributed by atoms with Gasteiger partial charge >= 0.3 is 11.9 Å². The number of piperazine rings is 1. The van der Waals surface area contributed by atoms with Crippen molar-refractivity contribution >= 4 is 28.9 Å². The number of aromatic carboxylic acids is 1. The topological polar surface area (TPSA) is 125 Å². The maximum Gasteiger partial charge on any atom is 0.335 e. The Bertz CT molecular complexity index is 1670. The smallest absolute Gasteiger partial charge is 0.335 e. The summed E-state index contributed by atoms with van der Waals surface area (Å²) in [6.45, 7) is 6.77. The number of ether oxygens (including phenoxy) is 2. The summed E-state index contributed by atoms with van der Waals surface area (Å²) in [5.74, 6) is -0.957. The van der Waals surface area contributed by atoms with Crippen molar-refractivity contribution in [3.63, 3.8) is 0 Å². The summed E-state index contributed by atoms with van der Waals surface area (Å²) in [6.07, 6.45) is 3.96. The fraction of sp³-hybridized carbons (Fsp3) is 0.273. The third-order valence-electron chi connectivity index (χ3n) is 7.33. The fourth-order valence-corrected chi connectivity index (χ4v) is 5.18. The summed E-state index contributed by atoms with van der Waals surface area (Å²) in [5.41, 5.74) is 5.65. The van der Waals surface area contributed by atoms with Crippen molar-refractivity contribution in [3.05, 3.63) is 84.1 Å². The predicted molar refractivity (Wildman–Crippen MR) is 163 cm³/mol. The van der Waals surface area contributed by atoms with E-state index in [1.54, 1.807) is 56.3 Å². The van der Waals surface area contributed by atoms with Gasteiger partial charge in [0.2, 0.25) is 5.91 Å². The number of amides is 1. The van der Waals surface area contributed by atoms with E-state index in [0.717, 1.165) is 44.7 Å². The van der Waals surface area contributed by atoms with Gasteiger partial charge in [0.25, 0.3) is 0 Å². The molecular weight excluding hydrogens is 548 g/mol. The van der Waals surface area contributed by atoms with Crippen molar-refractivity contribution in [1.29, 1.82) is 0 Å². The van der Waals surface area contributed by atoms with Crippen LogP contribution < -0.4 is 4.74 Å². The fourth-order valence-electron chi connectivity index (χ4n) is 5.18. The maximum atomic E-state index is 12.5. The number of rotatable bonds is 9. The molecule has 1 fully saturated rings. The Kier molecular flexibility index (Phi) is 8.87. The molecule has 0 bridgehead atoms. The summed E-state index contributed by atoms with van der Waals surface area (Å²) >= 11 is 0. The summed E-state index contributed by atoms with van der Waals surface area (Å²) in [4.78, 5) is 47.5. The third kappa shape index (κ3) is 6.92. The van der Waals surface area contributed by atoms with Gasteiger partial charge in [0.15, 0.2) is 0 Å². The number of fused-ring (bicyclic) bond motifs is 1. The van der Waals surface area contributed by atoms with Gasteiger partial charge in [-0.3, -0.25) is 9.69 Å². The molecular formula is C33H34N4O6. The van der Waals surface area contributed by atoms with Crippen LogP contribution >= 0.6 is 0 Å². The second-order valence-electron chi connectivity index (χ2n) is 10.6. The zero-order valence-corrected chi connectivity index (χ0v) is 24.4. The third-order valence-corrected chi connectivity index (χ3v) is 7.33. The number of esters is 1. The first-order chi connectivity index (χ1) is 20.7. The van der Waals surface area contributed by atoms with Crippen LogP contribution in [0.25, 0.3) is 33.4 Å². The van der Waals surface area contributed by atoms with Gasteiger partial charge in [-0.05, 0) is 66.9 Å². The predicted octanol–water partition coefficient (Wildman–Crippen LogP) is 4.76. The SMILES string of the molecule is COc1ccc(CN2CCN(C(=O)/C=C/C(=O)OC(C)C)CC2)cc1-c1cc2c(-c3ccc(C(=O)O)cc3)ccnc2[nH]1. The number of carbonyl (C=O) groups is 3. The minimum absolute atomic E-state index is 0.197. The van der Waals surface area contributed by atoms with Crippen molar-refractivity contribution in [3.8, 4) is 28.1 Å². The van der Waals surface area contributed by atoms with Crippen LogP contribution in [-0.2, 0) is 20.9 Å². The maximum absolute atomic E-state index is 12.5. The van der Waals surface area contributed by atoms with Crippen molar-refractivity contribution in [2.75, 3.05) is 33.3 Å². The molecule has 0 unspecified atom stereocenters. The minimum Gasteiger partial charge on any atom is -0.496 e. The molecule has 0 spiro atoms. The highest BCUT2D eigenvalue weighted by molar-refractivity contribution is 5.97. The normalized spacial score (nSPS) is 14.0. The molecule has 2 N–H and O–H groups in total. The van der Waals surface area contributed by atoms with Crippen LogP contribution in [0.5, 0.6) is 5.75 Å². The Morgan fingerprint density at radius 2 is 1.72 bits per heavy atom. The van der Waals surface area contributed by atoms with Crippen LogP contribution in [0.3, 0.4) is 0 Å². The molecule has 4 aromatic rings. The van der Waals surface area contributed by atoms with E-state index in [2.05, 4.69) is 20.9 Å². The molecule has 2 aromatic carbocycles. The monoisotopic (exact) mass is 582 g/mol. The largest absolute Gasteiger partial charge is 0.496 e. The zero-order valence-electron chi connectivity index (χ0n) is 24.4. The molecule has 1 aliphatic rings. The Hall–Kier alpha value is -4.96. The summed E-state index contributed by atoms with van der Waals surface area (Å²) < 4.78 is 10.7. The number of hydrogen-bond donors (Lipinski definition) is 2. The number of carbonyl (C=O) groups excluding carboxylic acids is 2. The average molecular weight is 583 g/mol. The summed E-state index contributed by atoms with van der Waals surface area (Å²) in [7, 11) is 1.64. The van der Waals surface area contributed by atoms with E-state index in [9.17, 15) is 19.5 Å². The molecule has 0 radical (unpaired) electrons. The van der Waals surface area contributed by atoms with E-state index in [0.29, 0.717) is 32.7 Å². The van der Waals surface area contributed by atoms with E-state index in [-0.39, 0.29) is 17.6 Å². The summed E-state index contributed by atoms with van der Waals surface area (Å²) in [6, 6.07) is 16.9. The van der Waals surface area contributed by atoms with Gasteiger partial charge in [-0.1, -0.05) is 18.2 Å². The quantitative estimate of drug-likeness (QED) is 0.214. The molecule has 43 heavy (non-hydrogen) atoms. The number of nitrogens with one attached hydrogen (secondary N) is 1. The molecule has 0 aliphatic carbocycles. The number of aromatic amines is 1. The molecule has 3 heterocycles. The highest BCUT2D eigenvalue weighted by Gasteiger charge is 2.21. The Morgan fingerprint density at radius 1 is 0.977 bits per heavy atom. The first kappa shape index (κ1) is 29.5. The van der Waals surface area contributed by atoms with Gasteiger partial charge in [0, 0.05) is 62.0 Å². The van der Waals surface area contributed by atoms with E-state index in [4.69, 9.17) is 9.47 Å². The van der Waals surface area contributed by atoms with Crippen molar-refractivity contribution < 1.29 is 29.0 Å². The second kappa shape index (κ2) is 12.9. The molecule has 2 aromatic heterocycles. The van der Waals surface area contributed by atoms with Crippen molar-refractivity contribution in [2.24, 2.45) is 0 Å². The van der Waals surface area contributed by atoms with Crippen LogP contribution in [0.4, 0.5) is 0 Å². The molecule has 10 nitrogen and oxygen atoms in total. The molecule has 5 rings (SSSR count). The number of benzene rings is 2. The Balaban J connectivity index is 1.30. The second-order valence-corrected chi connectivity index (χ2v) is 10.6. The first-order valence-corrected chi connectivity index (χ1v) is 14.1. The minimum atomic E-state index is -0.962. The van der Waals surface area contributed by atoms with Crippen LogP contribution in [0.15, 0.2) is 72.9 Å². The molecule has 1 amide bonds. The lowest BCUT2D eigenvalue weighted by Crippen LogP contribution is -2.47. The summed E-state index contributed by atoms with van der Waals surface area (Å²) in [5, 5.41) is 10.2. The van der Waals surface area contributed by atoms with E-state index < -0.39 is 11.9 Å². The van der Waals surface area contributed by atoms with Crippen LogP contribution in [-0.4, -0.2) is 82.1 Å². The highest BCUT2D eigenvalue weighted by atomic mass is 16.5. The number of carboxylic acids is 1. The van der Waals surface area contributed by atoms with Crippen molar-refractivity contribution in [2.45, 2.75) is 26.5 Å². The van der Waals surface area contributed by atoms with Gasteiger partial charge in [-0.2, -0.15) is 0 Å².